The van der Waals surface area contributed by atoms with Crippen LogP contribution in [-0.4, -0.2) is 61.2 Å². The van der Waals surface area contributed by atoms with Gasteiger partial charge in [-0.3, -0.25) is 9.69 Å². The Morgan fingerprint density at radius 3 is 3.29 bits per heavy atom. The molecule has 0 aromatic rings. The topological polar surface area (TPSA) is 41.6 Å². The average molecular weight is 216 g/mol. The lowest BCUT2D eigenvalue weighted by atomic mass is 10.1. The van der Waals surface area contributed by atoms with Crippen LogP contribution in [0.2, 0.25) is 0 Å². The Bertz CT molecular complexity index is 225. The number of carbonyl (C=O) groups excluding carboxylic acids is 1. The predicted octanol–water partition coefficient (Wildman–Crippen LogP) is -0.451. The molecule has 4 nitrogen and oxygen atoms in total. The van der Waals surface area contributed by atoms with Crippen LogP contribution in [0, 0.1) is 0 Å². The molecule has 0 saturated carbocycles. The number of nitrogens with zero attached hydrogens (tertiary/aromatic N) is 1. The Balaban J connectivity index is 1.92. The molecule has 0 aromatic heterocycles. The fraction of sp³-hybridized carbons (Fsp3) is 0.889. The van der Waals surface area contributed by atoms with E-state index in [0.29, 0.717) is 6.04 Å². The van der Waals surface area contributed by atoms with Crippen molar-refractivity contribution in [2.24, 2.45) is 0 Å². The van der Waals surface area contributed by atoms with E-state index in [4.69, 9.17) is 4.74 Å². The molecule has 0 bridgehead atoms. The summed E-state index contributed by atoms with van der Waals surface area (Å²) in [6, 6.07) is 0.481. The van der Waals surface area contributed by atoms with Crippen molar-refractivity contribution in [3.8, 4) is 0 Å². The number of nitrogens with one attached hydrogen (secondary N) is 1. The number of methoxy groups -OCH3 is 1. The van der Waals surface area contributed by atoms with Crippen LogP contribution in [0.15, 0.2) is 0 Å². The second-order valence-corrected chi connectivity index (χ2v) is 4.86. The molecular formula is C9H16N2O2S. The first kappa shape index (κ1) is 10.3. The molecule has 0 spiro atoms. The quantitative estimate of drug-likeness (QED) is 0.601. The number of fused-ring (bicyclic) bond motifs is 1. The molecular weight excluding hydrogens is 200 g/mol. The van der Waals surface area contributed by atoms with Crippen molar-refractivity contribution in [2.75, 3.05) is 38.2 Å². The molecule has 1 N–H and O–H groups in total. The fourth-order valence-electron chi connectivity index (χ4n) is 2.00. The van der Waals surface area contributed by atoms with Gasteiger partial charge in [0.1, 0.15) is 6.04 Å². The lowest BCUT2D eigenvalue weighted by molar-refractivity contribution is -0.144. The first-order valence-electron chi connectivity index (χ1n) is 4.94. The van der Waals surface area contributed by atoms with Crippen LogP contribution in [0.5, 0.6) is 0 Å². The Labute approximate surface area is 88.4 Å². The number of thioether (sulfide) groups is 1. The van der Waals surface area contributed by atoms with Crippen molar-refractivity contribution in [3.05, 3.63) is 0 Å². The Morgan fingerprint density at radius 2 is 2.50 bits per heavy atom. The van der Waals surface area contributed by atoms with Gasteiger partial charge in [0.05, 0.1) is 7.11 Å². The summed E-state index contributed by atoms with van der Waals surface area (Å²) in [4.78, 5) is 13.7. The van der Waals surface area contributed by atoms with E-state index in [-0.39, 0.29) is 12.0 Å². The zero-order valence-electron chi connectivity index (χ0n) is 8.36. The van der Waals surface area contributed by atoms with Gasteiger partial charge in [0.15, 0.2) is 0 Å². The summed E-state index contributed by atoms with van der Waals surface area (Å²) >= 11 is 2.00. The lowest BCUT2D eigenvalue weighted by Gasteiger charge is -2.41. The van der Waals surface area contributed by atoms with Crippen molar-refractivity contribution in [1.82, 2.24) is 10.2 Å². The van der Waals surface area contributed by atoms with Gasteiger partial charge in [0, 0.05) is 37.2 Å². The minimum Gasteiger partial charge on any atom is -0.468 e. The molecule has 5 heteroatoms. The molecule has 2 rings (SSSR count). The first-order chi connectivity index (χ1) is 6.81. The minimum atomic E-state index is -0.137. The second-order valence-electron chi connectivity index (χ2n) is 3.71. The number of esters is 1. The van der Waals surface area contributed by atoms with Gasteiger partial charge in [-0.1, -0.05) is 0 Å². The SMILES string of the molecule is COC(=O)[C@H]1CN2CCSC[C@@H]2CN1. The van der Waals surface area contributed by atoms with Gasteiger partial charge in [-0.15, -0.1) is 0 Å². The van der Waals surface area contributed by atoms with Crippen LogP contribution in [0.25, 0.3) is 0 Å². The van der Waals surface area contributed by atoms with Crippen molar-refractivity contribution in [3.63, 3.8) is 0 Å². The molecule has 14 heavy (non-hydrogen) atoms. The molecule has 0 amide bonds. The Hall–Kier alpha value is -0.260. The number of carbonyl (C=O) groups is 1. The van der Waals surface area contributed by atoms with E-state index in [9.17, 15) is 4.79 Å². The summed E-state index contributed by atoms with van der Waals surface area (Å²) in [5.74, 6) is 2.23. The molecule has 2 fully saturated rings. The molecule has 2 heterocycles. The highest BCUT2D eigenvalue weighted by Gasteiger charge is 2.33. The van der Waals surface area contributed by atoms with E-state index < -0.39 is 0 Å². The van der Waals surface area contributed by atoms with E-state index in [1.165, 1.54) is 18.6 Å². The standard InChI is InChI=1S/C9H16N2O2S/c1-13-9(12)8-5-11-2-3-14-6-7(11)4-10-8/h7-8,10H,2-6H2,1H3/t7-,8+/m0/s1. The van der Waals surface area contributed by atoms with Crippen molar-refractivity contribution in [1.29, 1.82) is 0 Å². The zero-order chi connectivity index (χ0) is 9.97. The maximum absolute atomic E-state index is 11.3. The monoisotopic (exact) mass is 216 g/mol. The van der Waals surface area contributed by atoms with Crippen LogP contribution in [0.1, 0.15) is 0 Å². The average Bonchev–Trinajstić information content (AvgIpc) is 2.27. The summed E-state index contributed by atoms with van der Waals surface area (Å²) in [5, 5.41) is 3.24. The highest BCUT2D eigenvalue weighted by atomic mass is 32.2. The predicted molar refractivity (Wildman–Crippen MR) is 56.5 cm³/mol. The molecule has 0 unspecified atom stereocenters. The maximum Gasteiger partial charge on any atom is 0.324 e. The van der Waals surface area contributed by atoms with E-state index in [1.807, 2.05) is 11.8 Å². The molecule has 2 aliphatic rings. The molecule has 0 aliphatic carbocycles. The minimum absolute atomic E-state index is 0.126. The van der Waals surface area contributed by atoms with Crippen molar-refractivity contribution in [2.45, 2.75) is 12.1 Å². The fourth-order valence-corrected chi connectivity index (χ4v) is 3.13. The van der Waals surface area contributed by atoms with Gasteiger partial charge in [-0.25, -0.2) is 0 Å². The van der Waals surface area contributed by atoms with Gasteiger partial charge < -0.3 is 10.1 Å². The molecule has 2 saturated heterocycles. The Kier molecular flexibility index (Phi) is 3.30. The summed E-state index contributed by atoms with van der Waals surface area (Å²) < 4.78 is 4.74. The van der Waals surface area contributed by atoms with Crippen LogP contribution >= 0.6 is 11.8 Å². The Morgan fingerprint density at radius 1 is 1.64 bits per heavy atom. The number of ether oxygens (including phenoxy) is 1. The van der Waals surface area contributed by atoms with Crippen LogP contribution in [0.4, 0.5) is 0 Å². The maximum atomic E-state index is 11.3. The van der Waals surface area contributed by atoms with E-state index >= 15 is 0 Å². The third-order valence-corrected chi connectivity index (χ3v) is 3.94. The van der Waals surface area contributed by atoms with Crippen LogP contribution < -0.4 is 5.32 Å². The van der Waals surface area contributed by atoms with Crippen molar-refractivity contribution >= 4 is 17.7 Å². The van der Waals surface area contributed by atoms with Crippen molar-refractivity contribution < 1.29 is 9.53 Å². The van der Waals surface area contributed by atoms with Crippen LogP contribution in [-0.2, 0) is 9.53 Å². The number of hydrogen-bond acceptors (Lipinski definition) is 5. The van der Waals surface area contributed by atoms with E-state index in [1.54, 1.807) is 0 Å². The lowest BCUT2D eigenvalue weighted by Crippen LogP contribution is -2.61. The van der Waals surface area contributed by atoms with Crippen LogP contribution in [0.3, 0.4) is 0 Å². The van der Waals surface area contributed by atoms with Gasteiger partial charge in [0.2, 0.25) is 0 Å². The summed E-state index contributed by atoms with van der Waals surface area (Å²) in [7, 11) is 1.45. The van der Waals surface area contributed by atoms with E-state index in [0.717, 1.165) is 19.6 Å². The summed E-state index contributed by atoms with van der Waals surface area (Å²) in [6.45, 7) is 2.81. The molecule has 0 aromatic carbocycles. The summed E-state index contributed by atoms with van der Waals surface area (Å²) in [5.41, 5.74) is 0. The zero-order valence-corrected chi connectivity index (χ0v) is 9.18. The number of rotatable bonds is 1. The van der Waals surface area contributed by atoms with Gasteiger partial charge in [0.25, 0.3) is 0 Å². The number of piperazine rings is 1. The second kappa shape index (κ2) is 4.51. The van der Waals surface area contributed by atoms with E-state index in [2.05, 4.69) is 10.2 Å². The highest BCUT2D eigenvalue weighted by molar-refractivity contribution is 7.99. The molecule has 2 aliphatic heterocycles. The first-order valence-corrected chi connectivity index (χ1v) is 6.09. The summed E-state index contributed by atoms with van der Waals surface area (Å²) in [6.07, 6.45) is 0. The number of hydrogen-bond donors (Lipinski definition) is 1. The molecule has 2 atom stereocenters. The largest absolute Gasteiger partial charge is 0.468 e. The third-order valence-electron chi connectivity index (χ3n) is 2.85. The normalized spacial score (nSPS) is 33.5. The highest BCUT2D eigenvalue weighted by Crippen LogP contribution is 2.19. The van der Waals surface area contributed by atoms with Gasteiger partial charge in [-0.05, 0) is 0 Å². The third kappa shape index (κ3) is 2.04. The molecule has 80 valence electrons. The molecule has 0 radical (unpaired) electrons. The van der Waals surface area contributed by atoms with Gasteiger partial charge >= 0.3 is 5.97 Å². The van der Waals surface area contributed by atoms with Gasteiger partial charge in [-0.2, -0.15) is 11.8 Å². The smallest absolute Gasteiger partial charge is 0.324 e.